The fourth-order valence-electron chi connectivity index (χ4n) is 2.85. The number of hydrogen-bond donors (Lipinski definition) is 0. The van der Waals surface area contributed by atoms with Gasteiger partial charge in [0.05, 0.1) is 24.1 Å². The van der Waals surface area contributed by atoms with Gasteiger partial charge < -0.3 is 18.6 Å². The van der Waals surface area contributed by atoms with E-state index in [0.29, 0.717) is 36.1 Å². The number of piperidine rings is 1. The lowest BCUT2D eigenvalue weighted by Gasteiger charge is -2.32. The highest BCUT2D eigenvalue weighted by molar-refractivity contribution is 5.93. The van der Waals surface area contributed by atoms with Gasteiger partial charge in [0.15, 0.2) is 0 Å². The van der Waals surface area contributed by atoms with E-state index in [2.05, 4.69) is 20.1 Å². The molecule has 0 saturated carbocycles. The van der Waals surface area contributed by atoms with Crippen LogP contribution in [0.1, 0.15) is 29.1 Å². The molecule has 0 radical (unpaired) electrons. The third-order valence-electron chi connectivity index (χ3n) is 4.14. The van der Waals surface area contributed by atoms with Gasteiger partial charge in [0.2, 0.25) is 5.82 Å². The number of amides is 1. The number of likely N-dealkylation sites (tertiary alicyclic amines) is 1. The van der Waals surface area contributed by atoms with Crippen LogP contribution in [0.15, 0.2) is 46.1 Å². The predicted molar refractivity (Wildman–Crippen MR) is 87.7 cm³/mol. The van der Waals surface area contributed by atoms with Crippen LogP contribution in [0.2, 0.25) is 0 Å². The SMILES string of the molecule is O=C(c1ccoc1)N1CCC[C@H](OCc2nc(-c3cnccn3)no2)C1. The van der Waals surface area contributed by atoms with Crippen molar-refractivity contribution in [2.24, 2.45) is 0 Å². The zero-order chi connectivity index (χ0) is 17.8. The van der Waals surface area contributed by atoms with E-state index in [1.165, 1.54) is 12.5 Å². The summed E-state index contributed by atoms with van der Waals surface area (Å²) < 4.78 is 16.0. The summed E-state index contributed by atoms with van der Waals surface area (Å²) in [5.41, 5.74) is 1.09. The Bertz CT molecular complexity index is 849. The molecule has 26 heavy (non-hydrogen) atoms. The lowest BCUT2D eigenvalue weighted by molar-refractivity contribution is -0.0153. The maximum atomic E-state index is 12.4. The Balaban J connectivity index is 1.33. The first-order valence-electron chi connectivity index (χ1n) is 8.31. The summed E-state index contributed by atoms with van der Waals surface area (Å²) in [4.78, 5) is 26.5. The minimum Gasteiger partial charge on any atom is -0.472 e. The Kier molecular flexibility index (Phi) is 4.69. The van der Waals surface area contributed by atoms with Crippen molar-refractivity contribution in [2.75, 3.05) is 13.1 Å². The molecule has 4 rings (SSSR count). The average Bonchev–Trinajstić information content (AvgIpc) is 3.39. The molecular weight excluding hydrogens is 338 g/mol. The van der Waals surface area contributed by atoms with E-state index in [4.69, 9.17) is 13.7 Å². The van der Waals surface area contributed by atoms with Crippen LogP contribution >= 0.6 is 0 Å². The number of nitrogens with zero attached hydrogens (tertiary/aromatic N) is 5. The molecule has 1 atom stereocenters. The topological polar surface area (TPSA) is 107 Å². The lowest BCUT2D eigenvalue weighted by Crippen LogP contribution is -2.43. The van der Waals surface area contributed by atoms with Gasteiger partial charge in [-0.15, -0.1) is 0 Å². The van der Waals surface area contributed by atoms with Crippen molar-refractivity contribution in [3.63, 3.8) is 0 Å². The van der Waals surface area contributed by atoms with Crippen LogP contribution < -0.4 is 0 Å². The molecule has 134 valence electrons. The molecule has 0 unspecified atom stereocenters. The molecule has 0 bridgehead atoms. The third kappa shape index (κ3) is 3.62. The predicted octanol–water partition coefficient (Wildman–Crippen LogP) is 1.94. The van der Waals surface area contributed by atoms with Crippen molar-refractivity contribution >= 4 is 5.91 Å². The van der Waals surface area contributed by atoms with E-state index < -0.39 is 0 Å². The molecule has 1 fully saturated rings. The number of aromatic nitrogens is 4. The minimum absolute atomic E-state index is 0.0465. The summed E-state index contributed by atoms with van der Waals surface area (Å²) in [7, 11) is 0. The van der Waals surface area contributed by atoms with E-state index in [9.17, 15) is 4.79 Å². The van der Waals surface area contributed by atoms with E-state index in [1.807, 2.05) is 0 Å². The summed E-state index contributed by atoms with van der Waals surface area (Å²) in [5, 5.41) is 3.88. The average molecular weight is 355 g/mol. The molecule has 0 aliphatic carbocycles. The second-order valence-electron chi connectivity index (χ2n) is 5.94. The number of furan rings is 1. The second-order valence-corrected chi connectivity index (χ2v) is 5.94. The Morgan fingerprint density at radius 1 is 1.38 bits per heavy atom. The van der Waals surface area contributed by atoms with Gasteiger partial charge >= 0.3 is 0 Å². The van der Waals surface area contributed by atoms with Crippen molar-refractivity contribution in [3.05, 3.63) is 48.6 Å². The highest BCUT2D eigenvalue weighted by atomic mass is 16.5. The molecule has 1 aliphatic heterocycles. The van der Waals surface area contributed by atoms with Gasteiger partial charge in [-0.3, -0.25) is 9.78 Å². The molecule has 1 amide bonds. The summed E-state index contributed by atoms with van der Waals surface area (Å²) in [5.74, 6) is 0.691. The maximum absolute atomic E-state index is 12.4. The van der Waals surface area contributed by atoms with Crippen LogP contribution in [0.3, 0.4) is 0 Å². The van der Waals surface area contributed by atoms with Crippen molar-refractivity contribution in [1.82, 2.24) is 25.0 Å². The number of carbonyl (C=O) groups is 1. The standard InChI is InChI=1S/C17H17N5O4/c23-17(12-3-7-24-10-12)22-6-1-2-13(9-22)25-11-15-20-16(21-26-15)14-8-18-4-5-19-14/h3-5,7-8,10,13H,1-2,6,9,11H2/t13-/m0/s1. The van der Waals surface area contributed by atoms with Gasteiger partial charge in [-0.05, 0) is 18.9 Å². The smallest absolute Gasteiger partial charge is 0.257 e. The Morgan fingerprint density at radius 2 is 2.35 bits per heavy atom. The van der Waals surface area contributed by atoms with Crippen molar-refractivity contribution in [1.29, 1.82) is 0 Å². The second kappa shape index (κ2) is 7.44. The van der Waals surface area contributed by atoms with Crippen LogP contribution in [0.4, 0.5) is 0 Å². The molecule has 9 nitrogen and oxygen atoms in total. The number of ether oxygens (including phenoxy) is 1. The first kappa shape index (κ1) is 16.4. The molecular formula is C17H17N5O4. The molecule has 3 aromatic rings. The molecule has 1 aliphatic rings. The lowest BCUT2D eigenvalue weighted by atomic mass is 10.1. The molecule has 4 heterocycles. The number of rotatable bonds is 5. The Labute approximate surface area is 149 Å². The fourth-order valence-corrected chi connectivity index (χ4v) is 2.85. The van der Waals surface area contributed by atoms with Crippen LogP contribution in [-0.4, -0.2) is 50.1 Å². The first-order valence-corrected chi connectivity index (χ1v) is 8.31. The highest BCUT2D eigenvalue weighted by Gasteiger charge is 2.26. The van der Waals surface area contributed by atoms with E-state index in [0.717, 1.165) is 12.8 Å². The molecule has 0 aromatic carbocycles. The largest absolute Gasteiger partial charge is 0.472 e. The van der Waals surface area contributed by atoms with Gasteiger partial charge in [-0.25, -0.2) is 4.98 Å². The van der Waals surface area contributed by atoms with Crippen LogP contribution in [0.5, 0.6) is 0 Å². The Morgan fingerprint density at radius 3 is 3.15 bits per heavy atom. The van der Waals surface area contributed by atoms with Gasteiger partial charge in [0, 0.05) is 25.5 Å². The monoisotopic (exact) mass is 355 g/mol. The van der Waals surface area contributed by atoms with E-state index >= 15 is 0 Å². The van der Waals surface area contributed by atoms with Gasteiger partial charge in [-0.1, -0.05) is 5.16 Å². The molecule has 3 aromatic heterocycles. The van der Waals surface area contributed by atoms with Gasteiger partial charge in [0.1, 0.15) is 18.6 Å². The summed E-state index contributed by atoms with van der Waals surface area (Å²) >= 11 is 0. The van der Waals surface area contributed by atoms with Crippen molar-refractivity contribution in [2.45, 2.75) is 25.6 Å². The fraction of sp³-hybridized carbons (Fsp3) is 0.353. The first-order chi connectivity index (χ1) is 12.8. The number of carbonyl (C=O) groups excluding carboxylic acids is 1. The van der Waals surface area contributed by atoms with E-state index in [-0.39, 0.29) is 18.6 Å². The summed E-state index contributed by atoms with van der Waals surface area (Å²) in [6.07, 6.45) is 9.34. The van der Waals surface area contributed by atoms with Gasteiger partial charge in [0.25, 0.3) is 11.8 Å². The molecule has 0 spiro atoms. The summed E-state index contributed by atoms with van der Waals surface area (Å²) in [6.45, 7) is 1.42. The Hall–Kier alpha value is -3.07. The molecule has 0 N–H and O–H groups in total. The van der Waals surface area contributed by atoms with Gasteiger partial charge in [-0.2, -0.15) is 4.98 Å². The summed E-state index contributed by atoms with van der Waals surface area (Å²) in [6, 6.07) is 1.67. The van der Waals surface area contributed by atoms with Crippen LogP contribution in [0, 0.1) is 0 Å². The maximum Gasteiger partial charge on any atom is 0.257 e. The number of hydrogen-bond acceptors (Lipinski definition) is 8. The molecule has 1 saturated heterocycles. The van der Waals surface area contributed by atoms with E-state index in [1.54, 1.807) is 29.6 Å². The third-order valence-corrected chi connectivity index (χ3v) is 4.14. The zero-order valence-electron chi connectivity index (χ0n) is 13.9. The van der Waals surface area contributed by atoms with Crippen molar-refractivity contribution in [3.8, 4) is 11.5 Å². The van der Waals surface area contributed by atoms with Crippen molar-refractivity contribution < 1.29 is 18.5 Å². The van der Waals surface area contributed by atoms with Crippen LogP contribution in [-0.2, 0) is 11.3 Å². The quantitative estimate of drug-likeness (QED) is 0.683. The highest BCUT2D eigenvalue weighted by Crippen LogP contribution is 2.18. The zero-order valence-corrected chi connectivity index (χ0v) is 13.9. The van der Waals surface area contributed by atoms with Crippen LogP contribution in [0.25, 0.3) is 11.5 Å². The minimum atomic E-state index is -0.0773. The normalized spacial score (nSPS) is 17.4. The molecule has 9 heteroatoms.